The third-order valence-electron chi connectivity index (χ3n) is 2.48. The van der Waals surface area contributed by atoms with Gasteiger partial charge in [0.2, 0.25) is 0 Å². The van der Waals surface area contributed by atoms with E-state index in [4.69, 9.17) is 0 Å². The third-order valence-corrected chi connectivity index (χ3v) is 2.48. The highest BCUT2D eigenvalue weighted by Gasteiger charge is 2.16. The molecule has 3 nitrogen and oxygen atoms in total. The molecule has 1 fully saturated rings. The van der Waals surface area contributed by atoms with Crippen LogP contribution in [0.3, 0.4) is 0 Å². The van der Waals surface area contributed by atoms with Crippen LogP contribution in [0.15, 0.2) is 12.3 Å². The van der Waals surface area contributed by atoms with E-state index in [1.165, 1.54) is 0 Å². The first kappa shape index (κ1) is 9.40. The van der Waals surface area contributed by atoms with Crippen molar-refractivity contribution >= 4 is 5.82 Å². The zero-order valence-electron chi connectivity index (χ0n) is 8.26. The lowest BCUT2D eigenvalue weighted by Gasteiger charge is -2.28. The maximum absolute atomic E-state index is 13.7. The summed E-state index contributed by atoms with van der Waals surface area (Å²) in [7, 11) is 0. The van der Waals surface area contributed by atoms with Crippen molar-refractivity contribution in [2.75, 3.05) is 31.1 Å². The molecular weight excluding hydrogens is 181 g/mol. The normalized spacial score (nSPS) is 17.1. The number of hydrogen-bond donors (Lipinski definition) is 1. The van der Waals surface area contributed by atoms with Crippen LogP contribution < -0.4 is 10.2 Å². The largest absolute Gasteiger partial charge is 0.352 e. The van der Waals surface area contributed by atoms with Crippen LogP contribution in [-0.2, 0) is 0 Å². The second kappa shape index (κ2) is 3.92. The Hall–Kier alpha value is -1.16. The molecule has 2 rings (SSSR count). The number of nitrogens with one attached hydrogen (secondary N) is 1. The number of anilines is 1. The van der Waals surface area contributed by atoms with Gasteiger partial charge in [0.15, 0.2) is 11.6 Å². The summed E-state index contributed by atoms with van der Waals surface area (Å²) in [5.41, 5.74) is 0.661. The molecular formula is C10H14FN3. The van der Waals surface area contributed by atoms with Crippen molar-refractivity contribution in [1.29, 1.82) is 0 Å². The fraction of sp³-hybridized carbons (Fsp3) is 0.500. The Morgan fingerprint density at radius 2 is 2.14 bits per heavy atom. The Balaban J connectivity index is 2.26. The number of hydrogen-bond acceptors (Lipinski definition) is 3. The summed E-state index contributed by atoms with van der Waals surface area (Å²) < 4.78 is 13.7. The van der Waals surface area contributed by atoms with Crippen LogP contribution in [0.4, 0.5) is 10.2 Å². The molecule has 4 heteroatoms. The van der Waals surface area contributed by atoms with Crippen LogP contribution >= 0.6 is 0 Å². The molecule has 0 amide bonds. The second-order valence-electron chi connectivity index (χ2n) is 3.50. The Labute approximate surface area is 82.9 Å². The first-order chi connectivity index (χ1) is 6.79. The highest BCUT2D eigenvalue weighted by atomic mass is 19.1. The van der Waals surface area contributed by atoms with Crippen molar-refractivity contribution in [2.45, 2.75) is 6.92 Å². The van der Waals surface area contributed by atoms with Crippen LogP contribution in [0.2, 0.25) is 0 Å². The van der Waals surface area contributed by atoms with Crippen molar-refractivity contribution in [1.82, 2.24) is 10.3 Å². The SMILES string of the molecule is Cc1ccnc(N2CCNCC2)c1F. The molecule has 0 spiro atoms. The van der Waals surface area contributed by atoms with Crippen molar-refractivity contribution in [3.8, 4) is 0 Å². The van der Waals surface area contributed by atoms with Gasteiger partial charge in [0.25, 0.3) is 0 Å². The van der Waals surface area contributed by atoms with E-state index in [1.54, 1.807) is 19.2 Å². The van der Waals surface area contributed by atoms with E-state index in [-0.39, 0.29) is 5.82 Å². The Morgan fingerprint density at radius 1 is 1.43 bits per heavy atom. The first-order valence-electron chi connectivity index (χ1n) is 4.86. The van der Waals surface area contributed by atoms with Crippen molar-refractivity contribution in [2.24, 2.45) is 0 Å². The topological polar surface area (TPSA) is 28.2 Å². The molecule has 1 N–H and O–H groups in total. The van der Waals surface area contributed by atoms with E-state index in [0.717, 1.165) is 26.2 Å². The van der Waals surface area contributed by atoms with E-state index in [0.29, 0.717) is 11.4 Å². The number of pyridine rings is 1. The van der Waals surface area contributed by atoms with Gasteiger partial charge in [-0.25, -0.2) is 9.37 Å². The van der Waals surface area contributed by atoms with E-state index in [9.17, 15) is 4.39 Å². The van der Waals surface area contributed by atoms with E-state index >= 15 is 0 Å². The molecule has 14 heavy (non-hydrogen) atoms. The van der Waals surface area contributed by atoms with Gasteiger partial charge >= 0.3 is 0 Å². The molecule has 1 aromatic heterocycles. The van der Waals surface area contributed by atoms with Gasteiger partial charge in [0.1, 0.15) is 0 Å². The Morgan fingerprint density at radius 3 is 2.86 bits per heavy atom. The second-order valence-corrected chi connectivity index (χ2v) is 3.50. The first-order valence-corrected chi connectivity index (χ1v) is 4.86. The summed E-state index contributed by atoms with van der Waals surface area (Å²) in [5.74, 6) is 0.306. The van der Waals surface area contributed by atoms with Gasteiger partial charge in [-0.3, -0.25) is 0 Å². The van der Waals surface area contributed by atoms with Gasteiger partial charge in [-0.1, -0.05) is 0 Å². The molecule has 76 valence electrons. The lowest BCUT2D eigenvalue weighted by Crippen LogP contribution is -2.44. The number of aryl methyl sites for hydroxylation is 1. The summed E-state index contributed by atoms with van der Waals surface area (Å²) in [6.45, 7) is 5.22. The highest BCUT2D eigenvalue weighted by Crippen LogP contribution is 2.18. The number of halogens is 1. The van der Waals surface area contributed by atoms with Crippen molar-refractivity contribution in [3.63, 3.8) is 0 Å². The summed E-state index contributed by atoms with van der Waals surface area (Å²) in [4.78, 5) is 6.07. The van der Waals surface area contributed by atoms with Crippen LogP contribution in [0.1, 0.15) is 5.56 Å². The minimum absolute atomic E-state index is 0.186. The van der Waals surface area contributed by atoms with Gasteiger partial charge in [0, 0.05) is 32.4 Å². The summed E-state index contributed by atoms with van der Waals surface area (Å²) in [5, 5.41) is 3.23. The molecule has 1 saturated heterocycles. The van der Waals surface area contributed by atoms with Crippen LogP contribution in [-0.4, -0.2) is 31.2 Å². The molecule has 0 atom stereocenters. The zero-order chi connectivity index (χ0) is 9.97. The van der Waals surface area contributed by atoms with E-state index < -0.39 is 0 Å². The fourth-order valence-electron chi connectivity index (χ4n) is 1.62. The summed E-state index contributed by atoms with van der Waals surface area (Å²) in [6.07, 6.45) is 1.66. The molecule has 0 radical (unpaired) electrons. The molecule has 1 aliphatic rings. The Kier molecular flexibility index (Phi) is 2.63. The van der Waals surface area contributed by atoms with Gasteiger partial charge in [-0.15, -0.1) is 0 Å². The van der Waals surface area contributed by atoms with Crippen molar-refractivity contribution in [3.05, 3.63) is 23.6 Å². The van der Waals surface area contributed by atoms with Crippen molar-refractivity contribution < 1.29 is 4.39 Å². The average molecular weight is 195 g/mol. The molecule has 0 saturated carbocycles. The maximum atomic E-state index is 13.7. The monoisotopic (exact) mass is 195 g/mol. The minimum atomic E-state index is -0.186. The van der Waals surface area contributed by atoms with Gasteiger partial charge < -0.3 is 10.2 Å². The Bertz CT molecular complexity index is 321. The average Bonchev–Trinajstić information content (AvgIpc) is 2.23. The molecule has 0 aromatic carbocycles. The molecule has 1 aromatic rings. The predicted octanol–water partition coefficient (Wildman–Crippen LogP) is 0.939. The minimum Gasteiger partial charge on any atom is -0.352 e. The quantitative estimate of drug-likeness (QED) is 0.722. The van der Waals surface area contributed by atoms with Crippen LogP contribution in [0.25, 0.3) is 0 Å². The number of aromatic nitrogens is 1. The van der Waals surface area contributed by atoms with Crippen LogP contribution in [0, 0.1) is 12.7 Å². The zero-order valence-corrected chi connectivity index (χ0v) is 8.26. The molecule has 0 unspecified atom stereocenters. The van der Waals surface area contributed by atoms with E-state index in [2.05, 4.69) is 10.3 Å². The molecule has 0 bridgehead atoms. The predicted molar refractivity (Wildman–Crippen MR) is 54.0 cm³/mol. The number of rotatable bonds is 1. The standard InChI is InChI=1S/C10H14FN3/c1-8-2-3-13-10(9(8)11)14-6-4-12-5-7-14/h2-3,12H,4-7H2,1H3. The molecule has 0 aliphatic carbocycles. The third kappa shape index (κ3) is 1.70. The fourth-order valence-corrected chi connectivity index (χ4v) is 1.62. The smallest absolute Gasteiger partial charge is 0.168 e. The van der Waals surface area contributed by atoms with Gasteiger partial charge in [0.05, 0.1) is 0 Å². The highest BCUT2D eigenvalue weighted by molar-refractivity contribution is 5.43. The molecule has 1 aliphatic heterocycles. The lowest BCUT2D eigenvalue weighted by molar-refractivity contribution is 0.555. The van der Waals surface area contributed by atoms with E-state index in [1.807, 2.05) is 4.90 Å². The summed E-state index contributed by atoms with van der Waals surface area (Å²) in [6, 6.07) is 1.70. The lowest BCUT2D eigenvalue weighted by atomic mass is 10.2. The van der Waals surface area contributed by atoms with Crippen LogP contribution in [0.5, 0.6) is 0 Å². The van der Waals surface area contributed by atoms with Gasteiger partial charge in [-0.2, -0.15) is 0 Å². The maximum Gasteiger partial charge on any atom is 0.168 e. The number of piperazine rings is 1. The number of nitrogens with zero attached hydrogens (tertiary/aromatic N) is 2. The van der Waals surface area contributed by atoms with Gasteiger partial charge in [-0.05, 0) is 18.6 Å². The summed E-state index contributed by atoms with van der Waals surface area (Å²) >= 11 is 0. The molecule has 2 heterocycles.